The van der Waals surface area contributed by atoms with Gasteiger partial charge >= 0.3 is 0 Å². The van der Waals surface area contributed by atoms with E-state index in [1.807, 2.05) is 11.5 Å². The molecule has 0 radical (unpaired) electrons. The van der Waals surface area contributed by atoms with Crippen LogP contribution in [0, 0.1) is 0 Å². The minimum Gasteiger partial charge on any atom is -0.334 e. The van der Waals surface area contributed by atoms with Crippen LogP contribution in [0.25, 0.3) is 0 Å². The molecule has 1 aliphatic rings. The Kier molecular flexibility index (Phi) is 3.11. The largest absolute Gasteiger partial charge is 0.334 e. The third kappa shape index (κ3) is 2.51. The fourth-order valence-electron chi connectivity index (χ4n) is 1.72. The molecule has 6 heteroatoms. The molecule has 1 unspecified atom stereocenters. The molecule has 0 spiro atoms. The van der Waals surface area contributed by atoms with Gasteiger partial charge in [0.15, 0.2) is 9.84 Å². The van der Waals surface area contributed by atoms with Gasteiger partial charge in [-0.2, -0.15) is 0 Å². The first kappa shape index (κ1) is 11.3. The van der Waals surface area contributed by atoms with E-state index in [0.717, 1.165) is 12.2 Å². The predicted octanol–water partition coefficient (Wildman–Crippen LogP) is 0.303. The molecule has 1 aliphatic heterocycles. The average molecular weight is 241 g/mol. The van der Waals surface area contributed by atoms with Gasteiger partial charge in [-0.05, 0) is 6.92 Å². The van der Waals surface area contributed by atoms with Gasteiger partial charge in [0.2, 0.25) is 0 Å². The normalized spacial score (nSPS) is 22.7. The zero-order valence-corrected chi connectivity index (χ0v) is 9.94. The number of sulfone groups is 1. The molecule has 0 aromatic carbocycles. The Balaban J connectivity index is 1.92. The van der Waals surface area contributed by atoms with Crippen molar-refractivity contribution in [3.63, 3.8) is 0 Å². The summed E-state index contributed by atoms with van der Waals surface area (Å²) < 4.78 is 24.4. The van der Waals surface area contributed by atoms with E-state index in [9.17, 15) is 8.42 Å². The summed E-state index contributed by atoms with van der Waals surface area (Å²) in [4.78, 5) is 4.05. The number of aryl methyl sites for hydroxylation is 1. The quantitative estimate of drug-likeness (QED) is 0.823. The third-order valence-electron chi connectivity index (χ3n) is 2.61. The lowest BCUT2D eigenvalue weighted by atomic mass is 10.3. The second-order valence-corrected chi connectivity index (χ2v) is 5.75. The molecule has 2 rings (SSSR count). The number of nitrogens with one attached hydrogen (secondary N) is 1. The van der Waals surface area contributed by atoms with Crippen molar-refractivity contribution in [2.45, 2.75) is 26.1 Å². The summed E-state index contributed by atoms with van der Waals surface area (Å²) in [6, 6.07) is -0.0785. The Morgan fingerprint density at radius 2 is 2.44 bits per heavy atom. The van der Waals surface area contributed by atoms with E-state index in [0.29, 0.717) is 6.54 Å². The maximum absolute atomic E-state index is 11.2. The van der Waals surface area contributed by atoms with Crippen LogP contribution in [0.5, 0.6) is 0 Å². The van der Waals surface area contributed by atoms with Crippen LogP contribution in [-0.2, 0) is 22.9 Å². The minimum atomic E-state index is -2.97. The Labute approximate surface area is 95.1 Å². The first-order valence-electron chi connectivity index (χ1n) is 5.24. The first-order valence-corrected chi connectivity index (χ1v) is 6.95. The van der Waals surface area contributed by atoms with Gasteiger partial charge in [-0.15, -0.1) is 0 Å². The zero-order valence-electron chi connectivity index (χ0n) is 9.13. The van der Waals surface area contributed by atoms with Crippen molar-refractivity contribution >= 4 is 9.84 Å². The fourth-order valence-corrected chi connectivity index (χ4v) is 2.99. The predicted molar refractivity (Wildman–Crippen MR) is 61.5 cm³/mol. The van der Waals surface area contributed by atoms with Gasteiger partial charge in [-0.25, -0.2) is 13.4 Å². The molecule has 0 saturated carbocycles. The molecule has 1 aromatic heterocycles. The van der Waals surface area contributed by atoms with Crippen molar-refractivity contribution in [3.8, 4) is 0 Å². The van der Waals surface area contributed by atoms with E-state index in [-0.39, 0.29) is 11.8 Å². The molecule has 0 fully saturated rings. The minimum absolute atomic E-state index is 0.0785. The maximum atomic E-state index is 11.2. The molecular formula is C10H15N3O2S. The van der Waals surface area contributed by atoms with E-state index in [2.05, 4.69) is 10.3 Å². The standard InChI is InChI=1S/C10H15N3O2S/c1-2-13-8-11-5-10(13)6-12-9-3-4-16(14,15)7-9/h3-5,8-9,12H,2,6-7H2,1H3. The Morgan fingerprint density at radius 1 is 1.62 bits per heavy atom. The summed E-state index contributed by atoms with van der Waals surface area (Å²) in [6.45, 7) is 3.55. The Bertz CT molecular complexity index is 490. The summed E-state index contributed by atoms with van der Waals surface area (Å²) in [6.07, 6.45) is 5.27. The molecular weight excluding hydrogens is 226 g/mol. The average Bonchev–Trinajstić information content (AvgIpc) is 2.81. The van der Waals surface area contributed by atoms with Crippen LogP contribution >= 0.6 is 0 Å². The van der Waals surface area contributed by atoms with Crippen LogP contribution in [0.3, 0.4) is 0 Å². The van der Waals surface area contributed by atoms with Gasteiger partial charge in [-0.1, -0.05) is 6.08 Å². The smallest absolute Gasteiger partial charge is 0.173 e. The highest BCUT2D eigenvalue weighted by molar-refractivity contribution is 7.94. The lowest BCUT2D eigenvalue weighted by Crippen LogP contribution is -2.30. The molecule has 0 amide bonds. The molecule has 1 N–H and O–H groups in total. The van der Waals surface area contributed by atoms with Crippen LogP contribution in [0.15, 0.2) is 24.0 Å². The molecule has 0 bridgehead atoms. The van der Waals surface area contributed by atoms with Crippen LogP contribution in [0.2, 0.25) is 0 Å². The van der Waals surface area contributed by atoms with Crippen molar-refractivity contribution in [1.82, 2.24) is 14.9 Å². The van der Waals surface area contributed by atoms with E-state index in [4.69, 9.17) is 0 Å². The van der Waals surface area contributed by atoms with Crippen molar-refractivity contribution in [2.75, 3.05) is 5.75 Å². The number of hydrogen-bond donors (Lipinski definition) is 1. The van der Waals surface area contributed by atoms with Crippen molar-refractivity contribution in [2.24, 2.45) is 0 Å². The van der Waals surface area contributed by atoms with Gasteiger partial charge in [0.25, 0.3) is 0 Å². The molecule has 0 saturated heterocycles. The van der Waals surface area contributed by atoms with Crippen LogP contribution < -0.4 is 5.32 Å². The van der Waals surface area contributed by atoms with E-state index < -0.39 is 9.84 Å². The van der Waals surface area contributed by atoms with Crippen LogP contribution in [-0.4, -0.2) is 29.8 Å². The van der Waals surface area contributed by atoms with Crippen molar-refractivity contribution in [3.05, 3.63) is 29.7 Å². The second kappa shape index (κ2) is 4.39. The van der Waals surface area contributed by atoms with Gasteiger partial charge in [0.05, 0.1) is 17.8 Å². The van der Waals surface area contributed by atoms with Gasteiger partial charge in [-0.3, -0.25) is 0 Å². The number of hydrogen-bond acceptors (Lipinski definition) is 4. The maximum Gasteiger partial charge on any atom is 0.173 e. The summed E-state index contributed by atoms with van der Waals surface area (Å²) in [5.41, 5.74) is 1.07. The molecule has 88 valence electrons. The highest BCUT2D eigenvalue weighted by atomic mass is 32.2. The monoisotopic (exact) mass is 241 g/mol. The lowest BCUT2D eigenvalue weighted by Gasteiger charge is -2.10. The topological polar surface area (TPSA) is 64.0 Å². The molecule has 0 aliphatic carbocycles. The summed E-state index contributed by atoms with van der Waals surface area (Å²) >= 11 is 0. The van der Waals surface area contributed by atoms with Crippen molar-refractivity contribution < 1.29 is 8.42 Å². The van der Waals surface area contributed by atoms with Crippen LogP contribution in [0.1, 0.15) is 12.6 Å². The summed E-state index contributed by atoms with van der Waals surface area (Å²) in [7, 11) is -2.97. The first-order chi connectivity index (χ1) is 7.61. The number of imidazole rings is 1. The third-order valence-corrected chi connectivity index (χ3v) is 4.01. The van der Waals surface area contributed by atoms with Gasteiger partial charge in [0, 0.05) is 30.7 Å². The second-order valence-electron chi connectivity index (χ2n) is 3.82. The number of rotatable bonds is 4. The van der Waals surface area contributed by atoms with E-state index >= 15 is 0 Å². The fraction of sp³-hybridized carbons (Fsp3) is 0.500. The Hall–Kier alpha value is -1.14. The summed E-state index contributed by atoms with van der Waals surface area (Å²) in [5.74, 6) is 0.160. The Morgan fingerprint density at radius 3 is 3.06 bits per heavy atom. The highest BCUT2D eigenvalue weighted by Gasteiger charge is 2.21. The van der Waals surface area contributed by atoms with Gasteiger partial charge in [0.1, 0.15) is 0 Å². The van der Waals surface area contributed by atoms with Gasteiger partial charge < -0.3 is 9.88 Å². The highest BCUT2D eigenvalue weighted by Crippen LogP contribution is 2.08. The molecule has 2 heterocycles. The number of nitrogens with zero attached hydrogens (tertiary/aromatic N) is 2. The SMILES string of the molecule is CCn1cncc1CNC1C=CS(=O)(=O)C1. The molecule has 16 heavy (non-hydrogen) atoms. The van der Waals surface area contributed by atoms with E-state index in [1.165, 1.54) is 5.41 Å². The molecule has 5 nitrogen and oxygen atoms in total. The van der Waals surface area contributed by atoms with Crippen molar-refractivity contribution in [1.29, 1.82) is 0 Å². The lowest BCUT2D eigenvalue weighted by molar-refractivity contribution is 0.578. The molecule has 1 atom stereocenters. The molecule has 1 aromatic rings. The van der Waals surface area contributed by atoms with Crippen LogP contribution in [0.4, 0.5) is 0 Å². The summed E-state index contributed by atoms with van der Waals surface area (Å²) in [5, 5.41) is 4.47. The van der Waals surface area contributed by atoms with E-state index in [1.54, 1.807) is 18.6 Å². The number of aromatic nitrogens is 2. The zero-order chi connectivity index (χ0) is 11.6.